The van der Waals surface area contributed by atoms with Crippen LogP contribution < -0.4 is 5.32 Å². The molecule has 0 radical (unpaired) electrons. The fourth-order valence-electron chi connectivity index (χ4n) is 6.60. The van der Waals surface area contributed by atoms with Crippen LogP contribution in [0.2, 0.25) is 0 Å². The van der Waals surface area contributed by atoms with Crippen LogP contribution in [0.3, 0.4) is 0 Å². The fourth-order valence-corrected chi connectivity index (χ4v) is 6.60. The first-order valence-electron chi connectivity index (χ1n) is 13.4. The lowest BCUT2D eigenvalue weighted by molar-refractivity contribution is -0.150. The Morgan fingerprint density at radius 3 is 2.62 bits per heavy atom. The molecule has 5 rings (SSSR count). The van der Waals surface area contributed by atoms with E-state index in [1.807, 2.05) is 26.0 Å². The number of fused-ring (bicyclic) bond motifs is 1. The Bertz CT molecular complexity index is 1370. The summed E-state index contributed by atoms with van der Waals surface area (Å²) in [6, 6.07) is 7.83. The Labute approximate surface area is 226 Å². The van der Waals surface area contributed by atoms with E-state index in [-0.39, 0.29) is 42.0 Å². The predicted octanol–water partition coefficient (Wildman–Crippen LogP) is 2.75. The lowest BCUT2D eigenvalue weighted by Gasteiger charge is -2.54. The van der Waals surface area contributed by atoms with Crippen LogP contribution in [0, 0.1) is 22.6 Å². The molecule has 0 aliphatic carbocycles. The molecule has 2 aromatic rings. The minimum absolute atomic E-state index is 0.0841. The second-order valence-corrected chi connectivity index (χ2v) is 10.8. The lowest BCUT2D eigenvalue weighted by Crippen LogP contribution is -2.57. The molecule has 204 valence electrons. The van der Waals surface area contributed by atoms with E-state index >= 15 is 4.39 Å². The first-order chi connectivity index (χ1) is 18.7. The first-order valence-corrected chi connectivity index (χ1v) is 13.4. The second-order valence-electron chi connectivity index (χ2n) is 10.8. The van der Waals surface area contributed by atoms with Gasteiger partial charge in [0.2, 0.25) is 11.8 Å². The van der Waals surface area contributed by atoms with Gasteiger partial charge in [0.15, 0.2) is 0 Å². The summed E-state index contributed by atoms with van der Waals surface area (Å²) >= 11 is 0. The molecule has 0 bridgehead atoms. The standard InChI is InChI=1S/C29H32FN5O4/c1-3-28(4-2)17-34(15-18-5-6-19(13-31)32-14-18)12-11-29(28,39)22-8-7-20-21(25(22)30)16-35(27(20)38)23-9-10-24(36)33-26(23)37/h5-8,14,23,39H,3-4,9-12,15-17H2,1-2H3,(H,33,36,37). The molecule has 0 spiro atoms. The van der Waals surface area contributed by atoms with Gasteiger partial charge in [-0.1, -0.05) is 26.0 Å². The first kappa shape index (κ1) is 26.9. The van der Waals surface area contributed by atoms with E-state index in [2.05, 4.69) is 15.2 Å². The third kappa shape index (κ3) is 4.39. The van der Waals surface area contributed by atoms with Gasteiger partial charge < -0.3 is 10.0 Å². The number of amides is 3. The zero-order chi connectivity index (χ0) is 27.9. The number of carbonyl (C=O) groups is 3. The number of aromatic nitrogens is 1. The van der Waals surface area contributed by atoms with Gasteiger partial charge in [0.1, 0.15) is 29.2 Å². The van der Waals surface area contributed by atoms with E-state index in [0.29, 0.717) is 44.6 Å². The van der Waals surface area contributed by atoms with Gasteiger partial charge in [-0.3, -0.25) is 24.6 Å². The summed E-state index contributed by atoms with van der Waals surface area (Å²) in [5.74, 6) is -1.98. The molecule has 2 fully saturated rings. The summed E-state index contributed by atoms with van der Waals surface area (Å²) in [5, 5.41) is 23.5. The van der Waals surface area contributed by atoms with Crippen LogP contribution in [-0.2, 0) is 28.3 Å². The molecule has 2 atom stereocenters. The molecule has 0 saturated carbocycles. The second kappa shape index (κ2) is 10.1. The van der Waals surface area contributed by atoms with Crippen LogP contribution in [0.15, 0.2) is 30.5 Å². The van der Waals surface area contributed by atoms with Gasteiger partial charge >= 0.3 is 0 Å². The van der Waals surface area contributed by atoms with E-state index in [4.69, 9.17) is 5.26 Å². The van der Waals surface area contributed by atoms with Crippen molar-refractivity contribution in [3.63, 3.8) is 0 Å². The maximum atomic E-state index is 16.3. The van der Waals surface area contributed by atoms with Crippen molar-refractivity contribution < 1.29 is 23.9 Å². The number of benzene rings is 1. The highest BCUT2D eigenvalue weighted by Gasteiger charge is 2.54. The van der Waals surface area contributed by atoms with Crippen LogP contribution >= 0.6 is 0 Å². The van der Waals surface area contributed by atoms with E-state index in [1.54, 1.807) is 18.3 Å². The number of pyridine rings is 1. The number of likely N-dealkylation sites (tertiary alicyclic amines) is 1. The Morgan fingerprint density at radius 1 is 1.21 bits per heavy atom. The zero-order valence-corrected chi connectivity index (χ0v) is 22.2. The monoisotopic (exact) mass is 533 g/mol. The molecule has 10 heteroatoms. The van der Waals surface area contributed by atoms with Gasteiger partial charge in [-0.05, 0) is 43.4 Å². The summed E-state index contributed by atoms with van der Waals surface area (Å²) in [7, 11) is 0. The number of nitrogens with zero attached hydrogens (tertiary/aromatic N) is 4. The van der Waals surface area contributed by atoms with Crippen molar-refractivity contribution in [3.05, 3.63) is 64.2 Å². The van der Waals surface area contributed by atoms with E-state index in [1.165, 1.54) is 11.0 Å². The molecule has 3 aliphatic heterocycles. The van der Waals surface area contributed by atoms with Crippen molar-refractivity contribution in [2.45, 2.75) is 70.7 Å². The van der Waals surface area contributed by atoms with Gasteiger partial charge in [0.05, 0.1) is 6.54 Å². The largest absolute Gasteiger partial charge is 0.384 e. The Kier molecular flexibility index (Phi) is 6.99. The zero-order valence-electron chi connectivity index (χ0n) is 22.2. The van der Waals surface area contributed by atoms with Crippen molar-refractivity contribution in [3.8, 4) is 6.07 Å². The number of hydrogen-bond acceptors (Lipinski definition) is 7. The van der Waals surface area contributed by atoms with E-state index < -0.39 is 34.7 Å². The van der Waals surface area contributed by atoms with Gasteiger partial charge in [-0.25, -0.2) is 9.37 Å². The summed E-state index contributed by atoms with van der Waals surface area (Å²) in [6.45, 7) is 5.57. The maximum absolute atomic E-state index is 16.3. The van der Waals surface area contributed by atoms with Crippen molar-refractivity contribution in [2.24, 2.45) is 5.41 Å². The Morgan fingerprint density at radius 2 is 1.97 bits per heavy atom. The van der Waals surface area contributed by atoms with Crippen LogP contribution in [0.1, 0.15) is 78.7 Å². The van der Waals surface area contributed by atoms with Crippen LogP contribution in [0.25, 0.3) is 0 Å². The summed E-state index contributed by atoms with van der Waals surface area (Å²) < 4.78 is 16.3. The quantitative estimate of drug-likeness (QED) is 0.547. The fraction of sp³-hybridized carbons (Fsp3) is 0.483. The summed E-state index contributed by atoms with van der Waals surface area (Å²) in [4.78, 5) is 44.8. The number of nitriles is 1. The number of nitrogens with one attached hydrogen (secondary N) is 1. The van der Waals surface area contributed by atoms with E-state index in [0.717, 1.165) is 5.56 Å². The molecule has 9 nitrogen and oxygen atoms in total. The molecular formula is C29H32FN5O4. The molecule has 3 aliphatic rings. The number of hydrogen-bond donors (Lipinski definition) is 2. The molecule has 2 N–H and O–H groups in total. The molecule has 2 saturated heterocycles. The molecule has 2 unspecified atom stereocenters. The van der Waals surface area contributed by atoms with Gasteiger partial charge in [0.25, 0.3) is 5.91 Å². The number of halogens is 1. The third-order valence-corrected chi connectivity index (χ3v) is 8.99. The molecular weight excluding hydrogens is 501 g/mol. The minimum atomic E-state index is -1.46. The minimum Gasteiger partial charge on any atom is -0.384 e. The molecule has 1 aromatic carbocycles. The highest BCUT2D eigenvalue weighted by molar-refractivity contribution is 6.05. The summed E-state index contributed by atoms with van der Waals surface area (Å²) in [5.41, 5.74) is -0.243. The third-order valence-electron chi connectivity index (χ3n) is 8.99. The molecule has 3 amide bonds. The van der Waals surface area contributed by atoms with Crippen LogP contribution in [0.5, 0.6) is 0 Å². The maximum Gasteiger partial charge on any atom is 0.255 e. The number of carbonyl (C=O) groups excluding carboxylic acids is 3. The molecule has 4 heterocycles. The molecule has 39 heavy (non-hydrogen) atoms. The SMILES string of the molecule is CCC1(CC)CN(Cc2ccc(C#N)nc2)CCC1(O)c1ccc2c(c1F)CN(C1CCC(=O)NC1=O)C2=O. The van der Waals surface area contributed by atoms with Gasteiger partial charge in [0, 0.05) is 54.4 Å². The Balaban J connectivity index is 1.43. The number of rotatable bonds is 6. The van der Waals surface area contributed by atoms with Crippen molar-refractivity contribution in [1.29, 1.82) is 5.26 Å². The van der Waals surface area contributed by atoms with Crippen LogP contribution in [-0.4, -0.2) is 56.7 Å². The average molecular weight is 534 g/mol. The van der Waals surface area contributed by atoms with Gasteiger partial charge in [-0.15, -0.1) is 0 Å². The summed E-state index contributed by atoms with van der Waals surface area (Å²) in [6.07, 6.45) is 3.53. The number of piperidine rings is 2. The average Bonchev–Trinajstić information content (AvgIpc) is 3.27. The smallest absolute Gasteiger partial charge is 0.255 e. The Hall–Kier alpha value is -3.68. The van der Waals surface area contributed by atoms with E-state index in [9.17, 15) is 19.5 Å². The topological polar surface area (TPSA) is 127 Å². The highest BCUT2D eigenvalue weighted by atomic mass is 19.1. The highest BCUT2D eigenvalue weighted by Crippen LogP contribution is 2.52. The lowest BCUT2D eigenvalue weighted by atomic mass is 9.61. The molecule has 1 aromatic heterocycles. The van der Waals surface area contributed by atoms with Crippen molar-refractivity contribution in [1.82, 2.24) is 20.1 Å². The van der Waals surface area contributed by atoms with Gasteiger partial charge in [-0.2, -0.15) is 5.26 Å². The van der Waals surface area contributed by atoms with Crippen molar-refractivity contribution >= 4 is 17.7 Å². The predicted molar refractivity (Wildman–Crippen MR) is 138 cm³/mol. The van der Waals surface area contributed by atoms with Crippen LogP contribution in [0.4, 0.5) is 4.39 Å². The number of imide groups is 1. The van der Waals surface area contributed by atoms with Crippen molar-refractivity contribution in [2.75, 3.05) is 13.1 Å². The number of aliphatic hydroxyl groups is 1. The normalized spacial score (nSPS) is 24.8.